The molecule has 1 fully saturated rings. The summed E-state index contributed by atoms with van der Waals surface area (Å²) in [6.45, 7) is 4.82. The van der Waals surface area contributed by atoms with Gasteiger partial charge in [0.1, 0.15) is 0 Å². The van der Waals surface area contributed by atoms with Crippen molar-refractivity contribution in [2.24, 2.45) is 5.92 Å². The number of rotatable bonds is 5. The zero-order valence-electron chi connectivity index (χ0n) is 9.94. The largest absolute Gasteiger partial charge is 0.475 e. The fourth-order valence-electron chi connectivity index (χ4n) is 1.95. The van der Waals surface area contributed by atoms with Crippen LogP contribution >= 0.6 is 0 Å². The van der Waals surface area contributed by atoms with Gasteiger partial charge >= 0.3 is 7.12 Å². The number of amides is 1. The lowest BCUT2D eigenvalue weighted by molar-refractivity contribution is -0.123. The van der Waals surface area contributed by atoms with Gasteiger partial charge in [0.05, 0.1) is 12.0 Å². The van der Waals surface area contributed by atoms with Crippen molar-refractivity contribution < 1.29 is 14.8 Å². The van der Waals surface area contributed by atoms with E-state index in [1.54, 1.807) is 0 Å². The van der Waals surface area contributed by atoms with E-state index in [1.807, 2.05) is 13.8 Å². The molecule has 0 radical (unpaired) electrons. The van der Waals surface area contributed by atoms with E-state index in [1.165, 1.54) is 0 Å². The Bertz CT molecular complexity index is 230. The van der Waals surface area contributed by atoms with E-state index in [2.05, 4.69) is 10.6 Å². The minimum absolute atomic E-state index is 0.128. The molecule has 0 aliphatic carbocycles. The molecule has 0 bridgehead atoms. The van der Waals surface area contributed by atoms with Gasteiger partial charge < -0.3 is 20.7 Å². The molecule has 0 unspecified atom stereocenters. The van der Waals surface area contributed by atoms with E-state index in [4.69, 9.17) is 0 Å². The van der Waals surface area contributed by atoms with Gasteiger partial charge in [0.2, 0.25) is 5.91 Å². The quantitative estimate of drug-likeness (QED) is 0.468. The Labute approximate surface area is 96.8 Å². The molecule has 16 heavy (non-hydrogen) atoms. The highest BCUT2D eigenvalue weighted by molar-refractivity contribution is 6.43. The highest BCUT2D eigenvalue weighted by atomic mass is 16.4. The van der Waals surface area contributed by atoms with Gasteiger partial charge in [0, 0.05) is 0 Å². The number of nitrogens with one attached hydrogen (secondary N) is 2. The van der Waals surface area contributed by atoms with Crippen molar-refractivity contribution in [2.45, 2.75) is 45.1 Å². The topological polar surface area (TPSA) is 81.6 Å². The average Bonchev–Trinajstić information content (AvgIpc) is 2.68. The predicted octanol–water partition coefficient (Wildman–Crippen LogP) is -0.719. The van der Waals surface area contributed by atoms with Gasteiger partial charge in [0.15, 0.2) is 0 Å². The van der Waals surface area contributed by atoms with Gasteiger partial charge in [-0.1, -0.05) is 13.8 Å². The number of carbonyl (C=O) groups excluding carboxylic acids is 1. The molecule has 0 aromatic carbocycles. The van der Waals surface area contributed by atoms with E-state index >= 15 is 0 Å². The molecule has 1 aliphatic rings. The molecule has 0 spiro atoms. The first-order valence-electron chi connectivity index (χ1n) is 5.90. The number of hydrogen-bond donors (Lipinski definition) is 4. The first-order chi connectivity index (χ1) is 7.50. The molecule has 1 heterocycles. The second-order valence-corrected chi connectivity index (χ2v) is 4.81. The molecule has 0 aromatic rings. The van der Waals surface area contributed by atoms with Crippen LogP contribution in [0.3, 0.4) is 0 Å². The van der Waals surface area contributed by atoms with Crippen LogP contribution in [0.5, 0.6) is 0 Å². The second-order valence-electron chi connectivity index (χ2n) is 4.81. The van der Waals surface area contributed by atoms with Crippen LogP contribution in [-0.4, -0.2) is 41.6 Å². The van der Waals surface area contributed by atoms with Crippen LogP contribution < -0.4 is 10.6 Å². The highest BCUT2D eigenvalue weighted by Gasteiger charge is 2.29. The summed E-state index contributed by atoms with van der Waals surface area (Å²) < 4.78 is 0. The standard InChI is InChI=1S/C10H21BN2O3/c1-7(2)6-9(11(15)16)13-10(14)8-4-3-5-12-8/h7-9,12,15-16H,3-6H2,1-2H3,(H,13,14)/t8-,9-/m0/s1. The SMILES string of the molecule is CC(C)C[C@H](NC(=O)[C@@H]1CCCN1)B(O)O. The zero-order valence-corrected chi connectivity index (χ0v) is 9.94. The fourth-order valence-corrected chi connectivity index (χ4v) is 1.95. The van der Waals surface area contributed by atoms with E-state index in [-0.39, 0.29) is 11.9 Å². The summed E-state index contributed by atoms with van der Waals surface area (Å²) in [6, 6.07) is -0.173. The maximum Gasteiger partial charge on any atom is 0.475 e. The lowest BCUT2D eigenvalue weighted by atomic mass is 9.75. The summed E-state index contributed by atoms with van der Waals surface area (Å²) in [6.07, 6.45) is 2.38. The van der Waals surface area contributed by atoms with E-state index in [0.29, 0.717) is 12.3 Å². The number of hydrogen-bond acceptors (Lipinski definition) is 4. The number of carbonyl (C=O) groups is 1. The van der Waals surface area contributed by atoms with Gasteiger partial charge in [-0.15, -0.1) is 0 Å². The maximum atomic E-state index is 11.7. The van der Waals surface area contributed by atoms with Crippen LogP contribution in [0.1, 0.15) is 33.1 Å². The maximum absolute atomic E-state index is 11.7. The monoisotopic (exact) mass is 228 g/mol. The molecular formula is C10H21BN2O3. The molecule has 4 N–H and O–H groups in total. The Hall–Kier alpha value is -0.585. The predicted molar refractivity (Wildman–Crippen MR) is 62.6 cm³/mol. The molecule has 1 amide bonds. The molecule has 0 aromatic heterocycles. The minimum atomic E-state index is -1.49. The summed E-state index contributed by atoms with van der Waals surface area (Å²) in [5.41, 5.74) is 0. The van der Waals surface area contributed by atoms with Gasteiger partial charge in [-0.05, 0) is 31.7 Å². The first kappa shape index (κ1) is 13.5. The van der Waals surface area contributed by atoms with Crippen LogP contribution in [0.15, 0.2) is 0 Å². The van der Waals surface area contributed by atoms with Crippen LogP contribution in [0.25, 0.3) is 0 Å². The van der Waals surface area contributed by atoms with Crippen molar-refractivity contribution in [3.8, 4) is 0 Å². The van der Waals surface area contributed by atoms with Crippen LogP contribution in [0.4, 0.5) is 0 Å². The van der Waals surface area contributed by atoms with E-state index in [9.17, 15) is 14.8 Å². The van der Waals surface area contributed by atoms with Crippen molar-refractivity contribution >= 4 is 13.0 Å². The van der Waals surface area contributed by atoms with Gasteiger partial charge in [-0.25, -0.2) is 0 Å². The summed E-state index contributed by atoms with van der Waals surface area (Å²) in [7, 11) is -1.49. The van der Waals surface area contributed by atoms with E-state index < -0.39 is 13.1 Å². The summed E-state index contributed by atoms with van der Waals surface area (Å²) >= 11 is 0. The van der Waals surface area contributed by atoms with Crippen molar-refractivity contribution in [2.75, 3.05) is 6.54 Å². The molecule has 6 heteroatoms. The Morgan fingerprint density at radius 2 is 2.25 bits per heavy atom. The highest BCUT2D eigenvalue weighted by Crippen LogP contribution is 2.09. The molecule has 1 rings (SSSR count). The summed E-state index contributed by atoms with van der Waals surface area (Å²) in [4.78, 5) is 11.7. The Balaban J connectivity index is 2.43. The van der Waals surface area contributed by atoms with Crippen LogP contribution in [-0.2, 0) is 4.79 Å². The third kappa shape index (κ3) is 4.12. The van der Waals surface area contributed by atoms with Gasteiger partial charge in [-0.3, -0.25) is 4.79 Å². The Morgan fingerprint density at radius 3 is 2.69 bits per heavy atom. The average molecular weight is 228 g/mol. The van der Waals surface area contributed by atoms with Crippen LogP contribution in [0, 0.1) is 5.92 Å². The Morgan fingerprint density at radius 1 is 1.56 bits per heavy atom. The normalized spacial score (nSPS) is 22.2. The molecule has 2 atom stereocenters. The molecule has 1 aliphatic heterocycles. The van der Waals surface area contributed by atoms with Crippen LogP contribution in [0.2, 0.25) is 0 Å². The second kappa shape index (κ2) is 6.22. The van der Waals surface area contributed by atoms with Gasteiger partial charge in [-0.2, -0.15) is 0 Å². The lowest BCUT2D eigenvalue weighted by Crippen LogP contribution is -2.52. The smallest absolute Gasteiger partial charge is 0.426 e. The Kier molecular flexibility index (Phi) is 5.24. The fraction of sp³-hybridized carbons (Fsp3) is 0.900. The van der Waals surface area contributed by atoms with E-state index in [0.717, 1.165) is 19.4 Å². The molecule has 5 nitrogen and oxygen atoms in total. The first-order valence-corrected chi connectivity index (χ1v) is 5.90. The zero-order chi connectivity index (χ0) is 12.1. The van der Waals surface area contributed by atoms with Gasteiger partial charge in [0.25, 0.3) is 0 Å². The summed E-state index contributed by atoms with van der Waals surface area (Å²) in [5.74, 6) is -0.394. The molecular weight excluding hydrogens is 207 g/mol. The lowest BCUT2D eigenvalue weighted by Gasteiger charge is -2.21. The molecule has 0 saturated carbocycles. The minimum Gasteiger partial charge on any atom is -0.426 e. The van der Waals surface area contributed by atoms with Crippen molar-refractivity contribution in [1.82, 2.24) is 10.6 Å². The molecule has 1 saturated heterocycles. The third-order valence-corrected chi connectivity index (χ3v) is 2.79. The molecule has 92 valence electrons. The summed E-state index contributed by atoms with van der Waals surface area (Å²) in [5, 5.41) is 24.1. The third-order valence-electron chi connectivity index (χ3n) is 2.79. The van der Waals surface area contributed by atoms with Crippen molar-refractivity contribution in [3.63, 3.8) is 0 Å². The van der Waals surface area contributed by atoms with Crippen molar-refractivity contribution in [3.05, 3.63) is 0 Å². The van der Waals surface area contributed by atoms with Crippen molar-refractivity contribution in [1.29, 1.82) is 0 Å².